The van der Waals surface area contributed by atoms with Crippen molar-refractivity contribution in [1.82, 2.24) is 5.32 Å². The lowest BCUT2D eigenvalue weighted by Crippen LogP contribution is -2.23. The van der Waals surface area contributed by atoms with Gasteiger partial charge in [0.2, 0.25) is 5.91 Å². The number of hydrogen-bond donors (Lipinski definition) is 2. The number of carbonyl (C=O) groups excluding carboxylic acids is 1. The number of anilines is 1. The molecule has 0 aliphatic rings. The van der Waals surface area contributed by atoms with Gasteiger partial charge in [0, 0.05) is 32.4 Å². The second-order valence-corrected chi connectivity index (χ2v) is 4.43. The molecule has 1 aromatic rings. The minimum atomic E-state index is -0.500. The first-order valence-electron chi connectivity index (χ1n) is 6.08. The van der Waals surface area contributed by atoms with Crippen LogP contribution in [0.25, 0.3) is 0 Å². The van der Waals surface area contributed by atoms with Gasteiger partial charge in [0.15, 0.2) is 0 Å². The van der Waals surface area contributed by atoms with Crippen molar-refractivity contribution in [2.45, 2.75) is 12.8 Å². The highest BCUT2D eigenvalue weighted by molar-refractivity contribution is 6.31. The van der Waals surface area contributed by atoms with E-state index in [-0.39, 0.29) is 10.9 Å². The summed E-state index contributed by atoms with van der Waals surface area (Å²) in [6, 6.07) is 4.09. The van der Waals surface area contributed by atoms with E-state index in [1.165, 1.54) is 18.2 Å². The van der Waals surface area contributed by atoms with Crippen LogP contribution in [0.2, 0.25) is 5.02 Å². The van der Waals surface area contributed by atoms with Gasteiger partial charge in [-0.05, 0) is 31.2 Å². The molecule has 0 atom stereocenters. The third kappa shape index (κ3) is 6.52. The molecule has 0 saturated carbocycles. The van der Waals surface area contributed by atoms with Gasteiger partial charge < -0.3 is 15.4 Å². The quantitative estimate of drug-likeness (QED) is 0.723. The van der Waals surface area contributed by atoms with Gasteiger partial charge in [0.05, 0.1) is 5.02 Å². The molecule has 0 fully saturated rings. The van der Waals surface area contributed by atoms with Crippen LogP contribution in [-0.2, 0) is 9.53 Å². The van der Waals surface area contributed by atoms with Crippen molar-refractivity contribution in [2.75, 3.05) is 32.1 Å². The third-order valence-corrected chi connectivity index (χ3v) is 2.72. The largest absolute Gasteiger partial charge is 0.385 e. The molecule has 0 unspecified atom stereocenters. The lowest BCUT2D eigenvalue weighted by Gasteiger charge is -2.07. The average Bonchev–Trinajstić information content (AvgIpc) is 2.38. The van der Waals surface area contributed by atoms with Crippen LogP contribution < -0.4 is 10.6 Å². The fourth-order valence-corrected chi connectivity index (χ4v) is 1.65. The Kier molecular flexibility index (Phi) is 7.40. The summed E-state index contributed by atoms with van der Waals surface area (Å²) >= 11 is 5.62. The number of rotatable bonds is 8. The predicted molar refractivity (Wildman–Crippen MR) is 74.0 cm³/mol. The maximum Gasteiger partial charge on any atom is 0.225 e. The molecule has 0 radical (unpaired) electrons. The first-order valence-corrected chi connectivity index (χ1v) is 6.46. The van der Waals surface area contributed by atoms with E-state index in [1.807, 2.05) is 0 Å². The number of hydrogen-bond acceptors (Lipinski definition) is 3. The number of ether oxygens (including phenoxy) is 1. The van der Waals surface area contributed by atoms with Crippen LogP contribution in [0.3, 0.4) is 0 Å². The van der Waals surface area contributed by atoms with Gasteiger partial charge in [-0.1, -0.05) is 11.6 Å². The van der Waals surface area contributed by atoms with Gasteiger partial charge in [-0.3, -0.25) is 4.79 Å². The highest BCUT2D eigenvalue weighted by Crippen LogP contribution is 2.19. The van der Waals surface area contributed by atoms with Crippen molar-refractivity contribution in [3.8, 4) is 0 Å². The Hall–Kier alpha value is -1.17. The van der Waals surface area contributed by atoms with Crippen molar-refractivity contribution < 1.29 is 13.9 Å². The molecule has 0 spiro atoms. The van der Waals surface area contributed by atoms with Crippen molar-refractivity contribution in [1.29, 1.82) is 0 Å². The molecule has 6 heteroatoms. The molecule has 1 rings (SSSR count). The Morgan fingerprint density at radius 3 is 2.89 bits per heavy atom. The Morgan fingerprint density at radius 2 is 2.21 bits per heavy atom. The van der Waals surface area contributed by atoms with Crippen LogP contribution in [0.5, 0.6) is 0 Å². The monoisotopic (exact) mass is 288 g/mol. The molecule has 0 heterocycles. The molecule has 0 aliphatic carbocycles. The van der Waals surface area contributed by atoms with Crippen LogP contribution in [-0.4, -0.2) is 32.7 Å². The van der Waals surface area contributed by atoms with Crippen molar-refractivity contribution >= 4 is 23.2 Å². The number of carbonyl (C=O) groups is 1. The van der Waals surface area contributed by atoms with E-state index >= 15 is 0 Å². The van der Waals surface area contributed by atoms with Gasteiger partial charge in [0.25, 0.3) is 0 Å². The van der Waals surface area contributed by atoms with E-state index < -0.39 is 5.82 Å². The SMILES string of the molecule is COCCCNCCC(=O)Nc1ccc(F)c(Cl)c1. The summed E-state index contributed by atoms with van der Waals surface area (Å²) in [6.07, 6.45) is 1.26. The number of methoxy groups -OCH3 is 1. The Bertz CT molecular complexity index is 416. The van der Waals surface area contributed by atoms with Crippen LogP contribution >= 0.6 is 11.6 Å². The van der Waals surface area contributed by atoms with Crippen LogP contribution in [0.4, 0.5) is 10.1 Å². The van der Waals surface area contributed by atoms with E-state index in [1.54, 1.807) is 7.11 Å². The van der Waals surface area contributed by atoms with Crippen molar-refractivity contribution in [3.63, 3.8) is 0 Å². The minimum Gasteiger partial charge on any atom is -0.385 e. The van der Waals surface area contributed by atoms with Crippen molar-refractivity contribution in [2.24, 2.45) is 0 Å². The Balaban J connectivity index is 2.21. The zero-order valence-electron chi connectivity index (χ0n) is 10.8. The van der Waals surface area contributed by atoms with Crippen LogP contribution in [0.1, 0.15) is 12.8 Å². The highest BCUT2D eigenvalue weighted by atomic mass is 35.5. The summed E-state index contributed by atoms with van der Waals surface area (Å²) in [5.74, 6) is -0.638. The number of amides is 1. The van der Waals surface area contributed by atoms with Gasteiger partial charge in [-0.2, -0.15) is 0 Å². The number of halogens is 2. The third-order valence-electron chi connectivity index (χ3n) is 2.43. The number of benzene rings is 1. The summed E-state index contributed by atoms with van der Waals surface area (Å²) in [6.45, 7) is 2.10. The van der Waals surface area contributed by atoms with E-state index in [4.69, 9.17) is 16.3 Å². The molecule has 0 bridgehead atoms. The fourth-order valence-electron chi connectivity index (χ4n) is 1.47. The molecule has 1 aromatic carbocycles. The Labute approximate surface area is 117 Å². The highest BCUT2D eigenvalue weighted by Gasteiger charge is 2.04. The summed E-state index contributed by atoms with van der Waals surface area (Å²) in [4.78, 5) is 11.6. The molecule has 0 aliphatic heterocycles. The lowest BCUT2D eigenvalue weighted by atomic mass is 10.3. The summed E-state index contributed by atoms with van der Waals surface area (Å²) < 4.78 is 17.8. The van der Waals surface area contributed by atoms with Gasteiger partial charge in [-0.15, -0.1) is 0 Å². The summed E-state index contributed by atoms with van der Waals surface area (Å²) in [5, 5.41) is 5.78. The maximum atomic E-state index is 12.9. The predicted octanol–water partition coefficient (Wildman–Crippen LogP) is 2.43. The van der Waals surface area contributed by atoms with Crippen LogP contribution in [0, 0.1) is 5.82 Å². The first kappa shape index (κ1) is 15.9. The maximum absolute atomic E-state index is 12.9. The van der Waals surface area contributed by atoms with Crippen LogP contribution in [0.15, 0.2) is 18.2 Å². The standard InChI is InChI=1S/C13H18ClFN2O2/c1-19-8-2-6-16-7-5-13(18)17-10-3-4-12(15)11(14)9-10/h3-4,9,16H,2,5-8H2,1H3,(H,17,18). The molecule has 19 heavy (non-hydrogen) atoms. The molecule has 1 amide bonds. The zero-order chi connectivity index (χ0) is 14.1. The van der Waals surface area contributed by atoms with Gasteiger partial charge in [-0.25, -0.2) is 4.39 Å². The molecular weight excluding hydrogens is 271 g/mol. The first-order chi connectivity index (χ1) is 9.13. The van der Waals surface area contributed by atoms with E-state index in [9.17, 15) is 9.18 Å². The normalized spacial score (nSPS) is 10.5. The molecular formula is C13H18ClFN2O2. The topological polar surface area (TPSA) is 50.4 Å². The Morgan fingerprint density at radius 1 is 1.42 bits per heavy atom. The number of nitrogens with one attached hydrogen (secondary N) is 2. The fraction of sp³-hybridized carbons (Fsp3) is 0.462. The second kappa shape index (κ2) is 8.85. The summed E-state index contributed by atoms with van der Waals surface area (Å²) in [7, 11) is 1.65. The van der Waals surface area contributed by atoms with E-state index in [0.29, 0.717) is 25.3 Å². The van der Waals surface area contributed by atoms with Gasteiger partial charge >= 0.3 is 0 Å². The molecule has 4 nitrogen and oxygen atoms in total. The smallest absolute Gasteiger partial charge is 0.225 e. The second-order valence-electron chi connectivity index (χ2n) is 4.02. The molecule has 0 aromatic heterocycles. The minimum absolute atomic E-state index is 0.00418. The lowest BCUT2D eigenvalue weighted by molar-refractivity contribution is -0.116. The van der Waals surface area contributed by atoms with Crippen molar-refractivity contribution in [3.05, 3.63) is 29.0 Å². The average molecular weight is 289 g/mol. The molecule has 2 N–H and O–H groups in total. The zero-order valence-corrected chi connectivity index (χ0v) is 11.6. The van der Waals surface area contributed by atoms with Gasteiger partial charge in [0.1, 0.15) is 5.82 Å². The molecule has 106 valence electrons. The van der Waals surface area contributed by atoms with E-state index in [2.05, 4.69) is 10.6 Å². The van der Waals surface area contributed by atoms with E-state index in [0.717, 1.165) is 13.0 Å². The summed E-state index contributed by atoms with van der Waals surface area (Å²) in [5.41, 5.74) is 0.496. The molecule has 0 saturated heterocycles.